The number of fused-ring (bicyclic) bond motifs is 1. The summed E-state index contributed by atoms with van der Waals surface area (Å²) in [5, 5.41) is 12.8. The van der Waals surface area contributed by atoms with Crippen molar-refractivity contribution in [1.82, 2.24) is 0 Å². The van der Waals surface area contributed by atoms with Crippen LogP contribution >= 0.6 is 12.4 Å². The number of hydrogen-bond acceptors (Lipinski definition) is 2. The summed E-state index contributed by atoms with van der Waals surface area (Å²) < 4.78 is 0. The molecule has 2 nitrogen and oxygen atoms in total. The average Bonchev–Trinajstić information content (AvgIpc) is 2.04. The number of phenolic OH excluding ortho intramolecular Hbond substituents is 1. The largest absolute Gasteiger partial charge is 0.508 e. The normalized spacial score (nSPS) is 19.6. The Balaban J connectivity index is 0.000000845. The van der Waals surface area contributed by atoms with Crippen LogP contribution < -0.4 is 5.32 Å². The molecule has 0 spiro atoms. The van der Waals surface area contributed by atoms with Crippen molar-refractivity contribution >= 4 is 18.1 Å². The number of phenols is 1. The van der Waals surface area contributed by atoms with Crippen LogP contribution in [0.4, 0.5) is 5.69 Å². The van der Waals surface area contributed by atoms with Crippen LogP contribution in [0, 0.1) is 0 Å². The van der Waals surface area contributed by atoms with E-state index in [1.807, 2.05) is 12.1 Å². The molecule has 1 aromatic rings. The van der Waals surface area contributed by atoms with Crippen molar-refractivity contribution in [3.8, 4) is 5.75 Å². The van der Waals surface area contributed by atoms with Gasteiger partial charge in [0.05, 0.1) is 0 Å². The Bertz CT molecular complexity index is 301. The molecule has 1 unspecified atom stereocenters. The molecule has 0 fully saturated rings. The Morgan fingerprint density at radius 3 is 3.00 bits per heavy atom. The molecule has 0 bridgehead atoms. The quantitative estimate of drug-likeness (QED) is 0.673. The molecule has 0 saturated carbocycles. The third-order valence-corrected chi connectivity index (χ3v) is 2.38. The monoisotopic (exact) mass is 199 g/mol. The molecule has 0 aliphatic carbocycles. The predicted molar refractivity (Wildman–Crippen MR) is 56.8 cm³/mol. The molecular formula is C10H14ClNO. The first-order valence-electron chi connectivity index (χ1n) is 4.35. The van der Waals surface area contributed by atoms with Crippen molar-refractivity contribution in [2.24, 2.45) is 0 Å². The number of halogens is 1. The summed E-state index contributed by atoms with van der Waals surface area (Å²) >= 11 is 0. The van der Waals surface area contributed by atoms with Crippen molar-refractivity contribution < 1.29 is 5.11 Å². The van der Waals surface area contributed by atoms with E-state index in [4.69, 9.17) is 0 Å². The van der Waals surface area contributed by atoms with Crippen LogP contribution in [-0.2, 0) is 6.42 Å². The highest BCUT2D eigenvalue weighted by atomic mass is 35.5. The molecular weight excluding hydrogens is 186 g/mol. The van der Waals surface area contributed by atoms with E-state index in [-0.39, 0.29) is 12.4 Å². The van der Waals surface area contributed by atoms with Crippen molar-refractivity contribution in [3.05, 3.63) is 23.8 Å². The van der Waals surface area contributed by atoms with Gasteiger partial charge in [-0.15, -0.1) is 12.4 Å². The highest BCUT2D eigenvalue weighted by Gasteiger charge is 2.15. The second-order valence-corrected chi connectivity index (χ2v) is 3.39. The SMILES string of the molecule is CC1CCc2c(O)cccc2N1.Cl. The summed E-state index contributed by atoms with van der Waals surface area (Å²) in [5.41, 5.74) is 2.16. The number of hydrogen-bond donors (Lipinski definition) is 2. The number of anilines is 1. The van der Waals surface area contributed by atoms with Crippen LogP contribution in [0.1, 0.15) is 18.9 Å². The van der Waals surface area contributed by atoms with E-state index < -0.39 is 0 Å². The van der Waals surface area contributed by atoms with Gasteiger partial charge in [-0.2, -0.15) is 0 Å². The van der Waals surface area contributed by atoms with E-state index >= 15 is 0 Å². The van der Waals surface area contributed by atoms with Gasteiger partial charge in [0.2, 0.25) is 0 Å². The summed E-state index contributed by atoms with van der Waals surface area (Å²) in [6, 6.07) is 6.17. The molecule has 1 aliphatic heterocycles. The van der Waals surface area contributed by atoms with Crippen LogP contribution in [0.25, 0.3) is 0 Å². The van der Waals surface area contributed by atoms with Crippen LogP contribution in [-0.4, -0.2) is 11.1 Å². The first kappa shape index (κ1) is 10.2. The standard InChI is InChI=1S/C10H13NO.ClH/c1-7-5-6-8-9(11-7)3-2-4-10(8)12;/h2-4,7,11-12H,5-6H2,1H3;1H. The fourth-order valence-corrected chi connectivity index (χ4v) is 1.67. The Labute approximate surface area is 84.4 Å². The zero-order valence-corrected chi connectivity index (χ0v) is 8.40. The molecule has 72 valence electrons. The van der Waals surface area contributed by atoms with Gasteiger partial charge in [0, 0.05) is 17.3 Å². The molecule has 3 heteroatoms. The van der Waals surface area contributed by atoms with Gasteiger partial charge in [0.15, 0.2) is 0 Å². The molecule has 2 rings (SSSR count). The van der Waals surface area contributed by atoms with Crippen LogP contribution in [0.15, 0.2) is 18.2 Å². The van der Waals surface area contributed by atoms with E-state index in [1.165, 1.54) is 0 Å². The van der Waals surface area contributed by atoms with Crippen molar-refractivity contribution in [2.75, 3.05) is 5.32 Å². The van der Waals surface area contributed by atoms with Crippen LogP contribution in [0.5, 0.6) is 5.75 Å². The van der Waals surface area contributed by atoms with E-state index in [0.29, 0.717) is 11.8 Å². The van der Waals surface area contributed by atoms with Gasteiger partial charge < -0.3 is 10.4 Å². The first-order valence-corrected chi connectivity index (χ1v) is 4.35. The van der Waals surface area contributed by atoms with Gasteiger partial charge >= 0.3 is 0 Å². The summed E-state index contributed by atoms with van der Waals surface area (Å²) in [7, 11) is 0. The molecule has 13 heavy (non-hydrogen) atoms. The molecule has 2 N–H and O–H groups in total. The molecule has 1 atom stereocenters. The molecule has 0 aromatic heterocycles. The van der Waals surface area contributed by atoms with Gasteiger partial charge in [-0.1, -0.05) is 6.07 Å². The Hall–Kier alpha value is -0.890. The highest BCUT2D eigenvalue weighted by Crippen LogP contribution is 2.31. The topological polar surface area (TPSA) is 32.3 Å². The van der Waals surface area contributed by atoms with E-state index in [2.05, 4.69) is 12.2 Å². The summed E-state index contributed by atoms with van der Waals surface area (Å²) in [5.74, 6) is 0.423. The lowest BCUT2D eigenvalue weighted by molar-refractivity contribution is 0.464. The summed E-state index contributed by atoms with van der Waals surface area (Å²) in [6.45, 7) is 2.16. The minimum absolute atomic E-state index is 0. The van der Waals surface area contributed by atoms with Crippen molar-refractivity contribution in [2.45, 2.75) is 25.8 Å². The zero-order valence-electron chi connectivity index (χ0n) is 7.58. The maximum Gasteiger partial charge on any atom is 0.120 e. The maximum absolute atomic E-state index is 9.50. The number of benzene rings is 1. The predicted octanol–water partition coefficient (Wildman–Crippen LogP) is 2.56. The lowest BCUT2D eigenvalue weighted by atomic mass is 9.98. The lowest BCUT2D eigenvalue weighted by Crippen LogP contribution is -2.21. The van der Waals surface area contributed by atoms with E-state index in [1.54, 1.807) is 6.07 Å². The molecule has 1 aliphatic rings. The second kappa shape index (κ2) is 3.88. The third kappa shape index (κ3) is 1.89. The van der Waals surface area contributed by atoms with E-state index in [9.17, 15) is 5.11 Å². The highest BCUT2D eigenvalue weighted by molar-refractivity contribution is 5.85. The second-order valence-electron chi connectivity index (χ2n) is 3.39. The number of nitrogens with one attached hydrogen (secondary N) is 1. The molecule has 0 amide bonds. The fourth-order valence-electron chi connectivity index (χ4n) is 1.67. The molecule has 0 saturated heterocycles. The van der Waals surface area contributed by atoms with Gasteiger partial charge in [0.1, 0.15) is 5.75 Å². The van der Waals surface area contributed by atoms with Crippen LogP contribution in [0.2, 0.25) is 0 Å². The van der Waals surface area contributed by atoms with E-state index in [0.717, 1.165) is 24.1 Å². The van der Waals surface area contributed by atoms with Gasteiger partial charge in [-0.25, -0.2) is 0 Å². The van der Waals surface area contributed by atoms with Crippen molar-refractivity contribution in [1.29, 1.82) is 0 Å². The minimum Gasteiger partial charge on any atom is -0.508 e. The Morgan fingerprint density at radius 1 is 1.46 bits per heavy atom. The molecule has 1 aromatic carbocycles. The third-order valence-electron chi connectivity index (χ3n) is 2.38. The average molecular weight is 200 g/mol. The summed E-state index contributed by atoms with van der Waals surface area (Å²) in [4.78, 5) is 0. The fraction of sp³-hybridized carbons (Fsp3) is 0.400. The Morgan fingerprint density at radius 2 is 2.23 bits per heavy atom. The van der Waals surface area contributed by atoms with Crippen LogP contribution in [0.3, 0.4) is 0 Å². The lowest BCUT2D eigenvalue weighted by Gasteiger charge is -2.24. The van der Waals surface area contributed by atoms with Gasteiger partial charge in [-0.3, -0.25) is 0 Å². The number of rotatable bonds is 0. The summed E-state index contributed by atoms with van der Waals surface area (Å²) in [6.07, 6.45) is 2.08. The first-order chi connectivity index (χ1) is 5.77. The minimum atomic E-state index is 0. The van der Waals surface area contributed by atoms with Gasteiger partial charge in [-0.05, 0) is 31.9 Å². The Kier molecular flexibility index (Phi) is 3.04. The zero-order chi connectivity index (χ0) is 8.55. The van der Waals surface area contributed by atoms with Crippen molar-refractivity contribution in [3.63, 3.8) is 0 Å². The molecule has 0 radical (unpaired) electrons. The molecule has 1 heterocycles. The smallest absolute Gasteiger partial charge is 0.120 e. The van der Waals surface area contributed by atoms with Gasteiger partial charge in [0.25, 0.3) is 0 Å². The maximum atomic E-state index is 9.50. The number of aromatic hydroxyl groups is 1.